The van der Waals surface area contributed by atoms with Crippen LogP contribution in [0.1, 0.15) is 54.4 Å². The number of hydrogen-bond donors (Lipinski definition) is 11. The minimum absolute atomic E-state index is 0.0337. The first kappa shape index (κ1) is 45.3. The lowest BCUT2D eigenvalue weighted by Crippen LogP contribution is -2.67. The average Bonchev–Trinajstić information content (AvgIpc) is 3.12. The molecule has 22 nitrogen and oxygen atoms in total. The van der Waals surface area contributed by atoms with Gasteiger partial charge in [-0.2, -0.15) is 0 Å². The Morgan fingerprint density at radius 2 is 1.00 bits per heavy atom. The van der Waals surface area contributed by atoms with Crippen LogP contribution in [-0.2, 0) is 52.2 Å². The zero-order valence-electron chi connectivity index (χ0n) is 31.9. The van der Waals surface area contributed by atoms with E-state index >= 15 is 0 Å². The Morgan fingerprint density at radius 1 is 0.518 bits per heavy atom. The van der Waals surface area contributed by atoms with E-state index in [2.05, 4.69) is 10.6 Å². The van der Waals surface area contributed by atoms with E-state index in [0.29, 0.717) is 0 Å². The fourth-order valence-corrected chi connectivity index (χ4v) is 7.67. The molecule has 5 aliphatic rings. The molecule has 5 rings (SSSR count). The molecule has 0 aromatic rings. The third-order valence-electron chi connectivity index (χ3n) is 10.8. The Hall–Kier alpha value is -1.78. The van der Waals surface area contributed by atoms with Gasteiger partial charge in [-0.15, -0.1) is 0 Å². The summed E-state index contributed by atoms with van der Waals surface area (Å²) in [6.07, 6.45) is -29.6. The number of nitrogens with one attached hydrogen (secondary N) is 2. The molecule has 5 heterocycles. The van der Waals surface area contributed by atoms with Gasteiger partial charge >= 0.3 is 0 Å². The predicted molar refractivity (Wildman–Crippen MR) is 181 cm³/mol. The summed E-state index contributed by atoms with van der Waals surface area (Å²) in [7, 11) is 0. The maximum Gasteiger partial charge on any atom is 0.217 e. The summed E-state index contributed by atoms with van der Waals surface area (Å²) >= 11 is 0. The summed E-state index contributed by atoms with van der Waals surface area (Å²) < 4.78 is 53.6. The molecule has 5 fully saturated rings. The lowest BCUT2D eigenvalue weighted by molar-refractivity contribution is -0.397. The van der Waals surface area contributed by atoms with E-state index in [9.17, 15) is 55.5 Å². The van der Waals surface area contributed by atoms with Crippen LogP contribution in [0.2, 0.25) is 0 Å². The first-order valence-corrected chi connectivity index (χ1v) is 18.8. The van der Waals surface area contributed by atoms with E-state index in [1.807, 2.05) is 0 Å². The summed E-state index contributed by atoms with van der Waals surface area (Å²) in [4.78, 5) is 23.7. The summed E-state index contributed by atoms with van der Waals surface area (Å²) in [6.45, 7) is 7.88. The molecule has 0 unspecified atom stereocenters. The first-order valence-electron chi connectivity index (χ1n) is 18.8. The Balaban J connectivity index is 1.41. The molecular weight excluding hydrogens is 756 g/mol. The number of rotatable bonds is 11. The highest BCUT2D eigenvalue weighted by Gasteiger charge is 2.55. The molecule has 324 valence electrons. The van der Waals surface area contributed by atoms with Gasteiger partial charge in [-0.1, -0.05) is 0 Å². The van der Waals surface area contributed by atoms with Crippen LogP contribution in [0.5, 0.6) is 0 Å². The molecule has 0 spiro atoms. The Kier molecular flexibility index (Phi) is 15.4. The molecule has 2 amide bonds. The highest BCUT2D eigenvalue weighted by Crippen LogP contribution is 2.36. The van der Waals surface area contributed by atoms with E-state index < -0.39 is 160 Å². The van der Waals surface area contributed by atoms with Gasteiger partial charge in [0.25, 0.3) is 0 Å². The third-order valence-corrected chi connectivity index (χ3v) is 10.8. The summed E-state index contributed by atoms with van der Waals surface area (Å²) in [6, 6.07) is -1.60. The Morgan fingerprint density at radius 3 is 1.52 bits per heavy atom. The molecule has 5 aliphatic heterocycles. The lowest BCUT2D eigenvalue weighted by Gasteiger charge is -2.50. The molecule has 0 aliphatic carbocycles. The van der Waals surface area contributed by atoms with Crippen molar-refractivity contribution in [3.8, 4) is 0 Å². The minimum atomic E-state index is -1.90. The van der Waals surface area contributed by atoms with E-state index in [1.54, 1.807) is 13.8 Å². The molecule has 0 radical (unpaired) electrons. The van der Waals surface area contributed by atoms with Crippen LogP contribution in [0.4, 0.5) is 0 Å². The van der Waals surface area contributed by atoms with E-state index in [4.69, 9.17) is 42.6 Å². The maximum atomic E-state index is 12.0. The summed E-state index contributed by atoms with van der Waals surface area (Å²) in [5.41, 5.74) is 0. The number of aliphatic hydroxyl groups is 9. The monoisotopic (exact) mass is 814 g/mol. The molecule has 56 heavy (non-hydrogen) atoms. The van der Waals surface area contributed by atoms with Gasteiger partial charge in [0.05, 0.1) is 43.1 Å². The van der Waals surface area contributed by atoms with Gasteiger partial charge in [0.15, 0.2) is 31.5 Å². The van der Waals surface area contributed by atoms with Gasteiger partial charge in [0.2, 0.25) is 11.8 Å². The van der Waals surface area contributed by atoms with Crippen molar-refractivity contribution < 1.29 is 98.2 Å². The second-order valence-corrected chi connectivity index (χ2v) is 15.1. The van der Waals surface area contributed by atoms with Gasteiger partial charge < -0.3 is 99.2 Å². The topological polar surface area (TPSA) is 323 Å². The van der Waals surface area contributed by atoms with Gasteiger partial charge in [0, 0.05) is 26.7 Å². The van der Waals surface area contributed by atoms with E-state index in [0.717, 1.165) is 0 Å². The van der Waals surface area contributed by atoms with Crippen LogP contribution in [-0.4, -0.2) is 206 Å². The Labute approximate surface area is 322 Å². The summed E-state index contributed by atoms with van der Waals surface area (Å²) in [5.74, 6) is -0.835. The SMILES string of the molecule is CC(=O)N[C@@H]1C[C@H](O[C@@H]2[C@@H](O)[C@H](O[C@H]3[C@H](O[C@H]4C[C@@H](NC(C)=O)[C@H](O)[C@@H](C)O4)[C@@H](O[C@@H]4O[C@H](CO)[C@@H](O)[C@H](O)[C@H]4O)[C@@H](O)O[C@@H]3C)O[C@H](C)[C@H]2O)O[C@H](C)[C@H]1O. The van der Waals surface area contributed by atoms with Crippen LogP contribution in [0.25, 0.3) is 0 Å². The number of ether oxygens (including phenoxy) is 9. The standard InChI is InChI=1S/C34H58N2O20/c1-10-21(40)16(35-14(5)38)7-19(48-10)53-29-23(42)12(3)51-34(27(29)46)55-28-13(4)50-32(47)31(56-33-26(45)25(44)24(43)18(9-37)52-33)30(28)54-20-8-17(36-15(6)39)22(41)11(2)49-20/h10-13,16-34,37,40-47H,7-9H2,1-6H3,(H,35,38)(H,36,39)/t10-,11-,12-,13-,16-,17-,18-,19+,20+,21-,22-,23-,24-,25+,26-,27-,28-,29+,30+,31-,32+,33+,34+/m1/s1. The fourth-order valence-electron chi connectivity index (χ4n) is 7.67. The van der Waals surface area contributed by atoms with Crippen LogP contribution in [0, 0.1) is 0 Å². The molecule has 0 saturated carbocycles. The molecule has 11 N–H and O–H groups in total. The molecule has 5 saturated heterocycles. The highest BCUT2D eigenvalue weighted by molar-refractivity contribution is 5.73. The van der Waals surface area contributed by atoms with Crippen molar-refractivity contribution >= 4 is 11.8 Å². The van der Waals surface area contributed by atoms with Gasteiger partial charge in [-0.05, 0) is 27.7 Å². The second-order valence-electron chi connectivity index (χ2n) is 15.1. The van der Waals surface area contributed by atoms with Crippen LogP contribution in [0.15, 0.2) is 0 Å². The second kappa shape index (κ2) is 19.1. The van der Waals surface area contributed by atoms with Crippen molar-refractivity contribution in [2.75, 3.05) is 6.61 Å². The number of aliphatic hydroxyl groups excluding tert-OH is 9. The molecular formula is C34H58N2O20. The molecule has 0 bridgehead atoms. The van der Waals surface area contributed by atoms with Crippen LogP contribution in [0.3, 0.4) is 0 Å². The van der Waals surface area contributed by atoms with Gasteiger partial charge in [-0.25, -0.2) is 0 Å². The van der Waals surface area contributed by atoms with Crippen molar-refractivity contribution in [1.29, 1.82) is 0 Å². The van der Waals surface area contributed by atoms with Crippen molar-refractivity contribution in [2.45, 2.75) is 196 Å². The third kappa shape index (κ3) is 10.1. The van der Waals surface area contributed by atoms with E-state index in [-0.39, 0.29) is 12.8 Å². The zero-order chi connectivity index (χ0) is 41.3. The molecule has 22 heteroatoms. The minimum Gasteiger partial charge on any atom is -0.394 e. The number of carbonyl (C=O) groups is 2. The van der Waals surface area contributed by atoms with Gasteiger partial charge in [0.1, 0.15) is 73.2 Å². The number of hydrogen-bond acceptors (Lipinski definition) is 20. The fraction of sp³-hybridized carbons (Fsp3) is 0.941. The van der Waals surface area contributed by atoms with Crippen molar-refractivity contribution in [1.82, 2.24) is 10.6 Å². The van der Waals surface area contributed by atoms with E-state index in [1.165, 1.54) is 27.7 Å². The van der Waals surface area contributed by atoms with Crippen LogP contribution >= 0.6 is 0 Å². The van der Waals surface area contributed by atoms with Crippen molar-refractivity contribution in [2.24, 2.45) is 0 Å². The largest absolute Gasteiger partial charge is 0.394 e. The lowest BCUT2D eigenvalue weighted by atomic mass is 9.95. The molecule has 23 atom stereocenters. The quantitative estimate of drug-likeness (QED) is 0.0927. The number of carbonyl (C=O) groups excluding carboxylic acids is 2. The number of amides is 2. The van der Waals surface area contributed by atoms with Gasteiger partial charge in [-0.3, -0.25) is 9.59 Å². The normalized spacial score (nSPS) is 50.2. The van der Waals surface area contributed by atoms with Crippen molar-refractivity contribution in [3.63, 3.8) is 0 Å². The molecule has 0 aromatic heterocycles. The first-order chi connectivity index (χ1) is 26.3. The zero-order valence-corrected chi connectivity index (χ0v) is 31.9. The highest BCUT2D eigenvalue weighted by atomic mass is 16.8. The predicted octanol–water partition coefficient (Wildman–Crippen LogP) is -5.47. The molecule has 0 aromatic carbocycles. The van der Waals surface area contributed by atoms with Crippen LogP contribution < -0.4 is 10.6 Å². The Bertz CT molecular complexity index is 1300. The summed E-state index contributed by atoms with van der Waals surface area (Å²) in [5, 5.41) is 102. The van der Waals surface area contributed by atoms with Crippen molar-refractivity contribution in [3.05, 3.63) is 0 Å². The average molecular weight is 815 g/mol. The maximum absolute atomic E-state index is 12.0. The smallest absolute Gasteiger partial charge is 0.217 e.